The van der Waals surface area contributed by atoms with Crippen LogP contribution in [0.4, 0.5) is 4.39 Å². The first-order chi connectivity index (χ1) is 6.22. The Morgan fingerprint density at radius 2 is 2.23 bits per heavy atom. The second kappa shape index (κ2) is 2.86. The molecule has 2 nitrogen and oxygen atoms in total. The van der Waals surface area contributed by atoms with Gasteiger partial charge in [-0.05, 0) is 12.1 Å². The molecule has 1 N–H and O–H groups in total. The van der Waals surface area contributed by atoms with Crippen LogP contribution in [-0.2, 0) is 0 Å². The first kappa shape index (κ1) is 8.27. The molecule has 0 fully saturated rings. The van der Waals surface area contributed by atoms with Crippen LogP contribution in [0, 0.1) is 17.1 Å². The number of nitrogens with zero attached hydrogens (tertiary/aromatic N) is 1. The summed E-state index contributed by atoms with van der Waals surface area (Å²) in [6, 6.07) is 5.06. The van der Waals surface area contributed by atoms with Gasteiger partial charge in [0.1, 0.15) is 11.9 Å². The van der Waals surface area contributed by atoms with Crippen LogP contribution in [0.1, 0.15) is 5.56 Å². The highest BCUT2D eigenvalue weighted by atomic mass is 79.9. The van der Waals surface area contributed by atoms with Gasteiger partial charge in [0.2, 0.25) is 0 Å². The fourth-order valence-electron chi connectivity index (χ4n) is 1.25. The van der Waals surface area contributed by atoms with Crippen LogP contribution in [0.15, 0.2) is 22.8 Å². The van der Waals surface area contributed by atoms with Crippen molar-refractivity contribution < 1.29 is 4.39 Å². The molecule has 2 rings (SSSR count). The summed E-state index contributed by atoms with van der Waals surface area (Å²) < 4.78 is 13.9. The van der Waals surface area contributed by atoms with Gasteiger partial charge in [-0.25, -0.2) is 4.39 Å². The standard InChI is InChI=1S/C9H4BrFN2/c10-6-1-7-5(3-12)4-13-9(7)8(11)2-6/h1-2,4,13H. The predicted octanol–water partition coefficient (Wildman–Crippen LogP) is 2.94. The van der Waals surface area contributed by atoms with Gasteiger partial charge in [-0.3, -0.25) is 0 Å². The van der Waals surface area contributed by atoms with E-state index in [1.165, 1.54) is 12.3 Å². The molecule has 1 heterocycles. The van der Waals surface area contributed by atoms with Gasteiger partial charge in [0.15, 0.2) is 0 Å². The number of fused-ring (bicyclic) bond motifs is 1. The zero-order valence-electron chi connectivity index (χ0n) is 6.44. The maximum absolute atomic E-state index is 13.2. The second-order valence-corrected chi connectivity index (χ2v) is 3.54. The molecule has 0 unspecified atom stereocenters. The van der Waals surface area contributed by atoms with Crippen LogP contribution in [0.3, 0.4) is 0 Å². The Morgan fingerprint density at radius 1 is 1.46 bits per heavy atom. The van der Waals surface area contributed by atoms with Gasteiger partial charge in [-0.1, -0.05) is 15.9 Å². The minimum Gasteiger partial charge on any atom is -0.357 e. The summed E-state index contributed by atoms with van der Waals surface area (Å²) in [6.45, 7) is 0. The Balaban J connectivity index is 2.92. The summed E-state index contributed by atoms with van der Waals surface area (Å²) in [7, 11) is 0. The quantitative estimate of drug-likeness (QED) is 0.754. The normalized spacial score (nSPS) is 10.2. The van der Waals surface area contributed by atoms with Gasteiger partial charge >= 0.3 is 0 Å². The average Bonchev–Trinajstić information content (AvgIpc) is 2.47. The molecule has 0 bridgehead atoms. The van der Waals surface area contributed by atoms with Crippen molar-refractivity contribution in [2.45, 2.75) is 0 Å². The van der Waals surface area contributed by atoms with E-state index in [-0.39, 0.29) is 5.82 Å². The van der Waals surface area contributed by atoms with Crippen LogP contribution in [0.5, 0.6) is 0 Å². The highest BCUT2D eigenvalue weighted by Gasteiger charge is 2.07. The molecule has 0 saturated carbocycles. The molecule has 2 aromatic rings. The molecule has 4 heteroatoms. The minimum absolute atomic E-state index is 0.356. The van der Waals surface area contributed by atoms with Crippen molar-refractivity contribution in [1.82, 2.24) is 4.98 Å². The summed E-state index contributed by atoms with van der Waals surface area (Å²) in [5, 5.41) is 9.30. The Kier molecular flexibility index (Phi) is 1.82. The number of benzene rings is 1. The monoisotopic (exact) mass is 238 g/mol. The number of hydrogen-bond acceptors (Lipinski definition) is 1. The highest BCUT2D eigenvalue weighted by Crippen LogP contribution is 2.24. The van der Waals surface area contributed by atoms with Crippen molar-refractivity contribution in [2.24, 2.45) is 0 Å². The lowest BCUT2D eigenvalue weighted by Crippen LogP contribution is -1.78. The van der Waals surface area contributed by atoms with Crippen molar-refractivity contribution >= 4 is 26.8 Å². The lowest BCUT2D eigenvalue weighted by atomic mass is 10.2. The van der Waals surface area contributed by atoms with E-state index in [4.69, 9.17) is 5.26 Å². The smallest absolute Gasteiger partial charge is 0.148 e. The van der Waals surface area contributed by atoms with Crippen molar-refractivity contribution in [3.05, 3.63) is 34.2 Å². The summed E-state index contributed by atoms with van der Waals surface area (Å²) in [6.07, 6.45) is 1.50. The Bertz CT molecular complexity index is 510. The van der Waals surface area contributed by atoms with E-state index in [1.54, 1.807) is 6.07 Å². The largest absolute Gasteiger partial charge is 0.357 e. The second-order valence-electron chi connectivity index (χ2n) is 2.62. The van der Waals surface area contributed by atoms with E-state index in [9.17, 15) is 4.39 Å². The lowest BCUT2D eigenvalue weighted by Gasteiger charge is -1.94. The number of aromatic amines is 1. The zero-order chi connectivity index (χ0) is 9.42. The van der Waals surface area contributed by atoms with Crippen molar-refractivity contribution in [3.8, 4) is 6.07 Å². The van der Waals surface area contributed by atoms with E-state index in [2.05, 4.69) is 20.9 Å². The van der Waals surface area contributed by atoms with Crippen molar-refractivity contribution in [2.75, 3.05) is 0 Å². The summed E-state index contributed by atoms with van der Waals surface area (Å²) in [5.74, 6) is -0.356. The highest BCUT2D eigenvalue weighted by molar-refractivity contribution is 9.10. The van der Waals surface area contributed by atoms with Crippen molar-refractivity contribution in [3.63, 3.8) is 0 Å². The van der Waals surface area contributed by atoms with Crippen LogP contribution in [0.25, 0.3) is 10.9 Å². The molecular formula is C9H4BrFN2. The number of H-pyrrole nitrogens is 1. The van der Waals surface area contributed by atoms with E-state index in [0.717, 1.165) is 0 Å². The van der Waals surface area contributed by atoms with Crippen LogP contribution >= 0.6 is 15.9 Å². The van der Waals surface area contributed by atoms with E-state index < -0.39 is 0 Å². The van der Waals surface area contributed by atoms with E-state index in [0.29, 0.717) is 20.9 Å². The van der Waals surface area contributed by atoms with Crippen molar-refractivity contribution in [1.29, 1.82) is 5.26 Å². The molecule has 0 atom stereocenters. The van der Waals surface area contributed by atoms with Gasteiger partial charge in [0.05, 0.1) is 11.1 Å². The van der Waals surface area contributed by atoms with Crippen LogP contribution < -0.4 is 0 Å². The van der Waals surface area contributed by atoms with Gasteiger partial charge in [-0.2, -0.15) is 5.26 Å². The molecule has 1 aromatic carbocycles. The summed E-state index contributed by atoms with van der Waals surface area (Å²) in [4.78, 5) is 2.72. The number of hydrogen-bond donors (Lipinski definition) is 1. The first-order valence-electron chi connectivity index (χ1n) is 3.58. The fourth-order valence-corrected chi connectivity index (χ4v) is 1.68. The molecule has 1 aromatic heterocycles. The lowest BCUT2D eigenvalue weighted by molar-refractivity contribution is 0.636. The van der Waals surface area contributed by atoms with Gasteiger partial charge in [-0.15, -0.1) is 0 Å². The maximum atomic E-state index is 13.2. The molecule has 0 amide bonds. The fraction of sp³-hybridized carbons (Fsp3) is 0. The molecule has 64 valence electrons. The number of nitriles is 1. The number of nitrogens with one attached hydrogen (secondary N) is 1. The number of halogens is 2. The van der Waals surface area contributed by atoms with Gasteiger partial charge in [0.25, 0.3) is 0 Å². The topological polar surface area (TPSA) is 39.6 Å². The molecular weight excluding hydrogens is 235 g/mol. The first-order valence-corrected chi connectivity index (χ1v) is 4.38. The molecule has 0 aliphatic rings. The van der Waals surface area contributed by atoms with E-state index >= 15 is 0 Å². The Morgan fingerprint density at radius 3 is 2.92 bits per heavy atom. The average molecular weight is 239 g/mol. The number of aromatic nitrogens is 1. The molecule has 0 spiro atoms. The molecule has 13 heavy (non-hydrogen) atoms. The van der Waals surface area contributed by atoms with Gasteiger partial charge < -0.3 is 4.98 Å². The minimum atomic E-state index is -0.356. The SMILES string of the molecule is N#Cc1c[nH]c2c(F)cc(Br)cc12. The molecule has 0 saturated heterocycles. The third-order valence-corrected chi connectivity index (χ3v) is 2.28. The van der Waals surface area contributed by atoms with Crippen LogP contribution in [-0.4, -0.2) is 4.98 Å². The van der Waals surface area contributed by atoms with Gasteiger partial charge in [0, 0.05) is 16.1 Å². The maximum Gasteiger partial charge on any atom is 0.148 e. The molecule has 0 aliphatic heterocycles. The predicted molar refractivity (Wildman–Crippen MR) is 50.7 cm³/mol. The third-order valence-electron chi connectivity index (χ3n) is 1.83. The zero-order valence-corrected chi connectivity index (χ0v) is 8.02. The molecule has 0 radical (unpaired) electrons. The summed E-state index contributed by atoms with van der Waals surface area (Å²) in [5.41, 5.74) is 0.829. The van der Waals surface area contributed by atoms with E-state index in [1.807, 2.05) is 6.07 Å². The third kappa shape index (κ3) is 1.21. The Hall–Kier alpha value is -1.34. The summed E-state index contributed by atoms with van der Waals surface area (Å²) >= 11 is 3.17. The van der Waals surface area contributed by atoms with Crippen LogP contribution in [0.2, 0.25) is 0 Å². The number of rotatable bonds is 0. The molecule has 0 aliphatic carbocycles. The Labute approximate surface area is 82.1 Å².